The van der Waals surface area contributed by atoms with E-state index in [4.69, 9.17) is 0 Å². The van der Waals surface area contributed by atoms with Crippen LogP contribution < -0.4 is 0 Å². The second-order valence-electron chi connectivity index (χ2n) is 6.05. The van der Waals surface area contributed by atoms with E-state index in [1.54, 1.807) is 0 Å². The molecule has 110 valence electrons. The van der Waals surface area contributed by atoms with Gasteiger partial charge in [-0.3, -0.25) is 9.69 Å². The molecule has 1 aromatic rings. The zero-order chi connectivity index (χ0) is 14.5. The smallest absolute Gasteiger partial charge is 0.240 e. The van der Waals surface area contributed by atoms with Gasteiger partial charge in [0.05, 0.1) is 6.04 Å². The Bertz CT molecular complexity index is 430. The second-order valence-corrected chi connectivity index (χ2v) is 6.05. The fourth-order valence-electron chi connectivity index (χ4n) is 2.95. The van der Waals surface area contributed by atoms with Crippen LogP contribution in [-0.2, 0) is 11.2 Å². The number of piperidine rings is 1. The summed E-state index contributed by atoms with van der Waals surface area (Å²) >= 11 is 0. The molecule has 1 aliphatic rings. The fourth-order valence-corrected chi connectivity index (χ4v) is 2.95. The van der Waals surface area contributed by atoms with E-state index in [-0.39, 0.29) is 11.9 Å². The number of hydrogen-bond acceptors (Lipinski definition) is 2. The first-order chi connectivity index (χ1) is 9.59. The fraction of sp³-hybridized carbons (Fsp3) is 0.588. The van der Waals surface area contributed by atoms with Crippen molar-refractivity contribution in [1.29, 1.82) is 0 Å². The van der Waals surface area contributed by atoms with Crippen LogP contribution in [0.25, 0.3) is 0 Å². The number of amides is 1. The molecule has 0 saturated carbocycles. The van der Waals surface area contributed by atoms with Gasteiger partial charge < -0.3 is 4.90 Å². The highest BCUT2D eigenvalue weighted by Crippen LogP contribution is 2.19. The number of carbonyl (C=O) groups excluding carboxylic acids is 1. The Labute approximate surface area is 122 Å². The van der Waals surface area contributed by atoms with Gasteiger partial charge in [0.1, 0.15) is 0 Å². The topological polar surface area (TPSA) is 23.6 Å². The maximum absolute atomic E-state index is 12.8. The lowest BCUT2D eigenvalue weighted by Crippen LogP contribution is -2.51. The van der Waals surface area contributed by atoms with E-state index in [0.717, 1.165) is 25.8 Å². The molecule has 0 bridgehead atoms. The van der Waals surface area contributed by atoms with E-state index in [9.17, 15) is 4.79 Å². The number of carbonyl (C=O) groups is 1. The summed E-state index contributed by atoms with van der Waals surface area (Å²) in [5.74, 6) is 0.283. The zero-order valence-corrected chi connectivity index (χ0v) is 12.9. The summed E-state index contributed by atoms with van der Waals surface area (Å²) in [4.78, 5) is 17.0. The third-order valence-corrected chi connectivity index (χ3v) is 4.27. The Balaban J connectivity index is 2.09. The van der Waals surface area contributed by atoms with Gasteiger partial charge in [-0.2, -0.15) is 0 Å². The number of benzene rings is 1. The Morgan fingerprint density at radius 2 is 2.00 bits per heavy atom. The van der Waals surface area contributed by atoms with E-state index < -0.39 is 0 Å². The molecule has 0 spiro atoms. The zero-order valence-electron chi connectivity index (χ0n) is 12.9. The first-order valence-corrected chi connectivity index (χ1v) is 7.60. The molecule has 2 rings (SSSR count). The van der Waals surface area contributed by atoms with E-state index in [1.165, 1.54) is 12.0 Å². The average molecular weight is 274 g/mol. The van der Waals surface area contributed by atoms with E-state index >= 15 is 0 Å². The molecule has 3 nitrogen and oxygen atoms in total. The largest absolute Gasteiger partial charge is 0.339 e. The van der Waals surface area contributed by atoms with E-state index in [2.05, 4.69) is 28.9 Å². The first kappa shape index (κ1) is 15.0. The normalized spacial score (nSPS) is 21.0. The molecule has 2 unspecified atom stereocenters. The van der Waals surface area contributed by atoms with Gasteiger partial charge in [0.2, 0.25) is 5.91 Å². The summed E-state index contributed by atoms with van der Waals surface area (Å²) in [6, 6.07) is 10.6. The van der Waals surface area contributed by atoms with Crippen molar-refractivity contribution in [3.05, 3.63) is 35.9 Å². The Morgan fingerprint density at radius 3 is 2.60 bits per heavy atom. The van der Waals surface area contributed by atoms with Crippen LogP contribution in [0, 0.1) is 0 Å². The third-order valence-electron chi connectivity index (χ3n) is 4.27. The molecule has 0 radical (unpaired) electrons. The van der Waals surface area contributed by atoms with Gasteiger partial charge in [0, 0.05) is 12.6 Å². The lowest BCUT2D eigenvalue weighted by molar-refractivity contribution is -0.139. The van der Waals surface area contributed by atoms with Crippen LogP contribution in [0.4, 0.5) is 0 Å². The summed E-state index contributed by atoms with van der Waals surface area (Å²) < 4.78 is 0. The van der Waals surface area contributed by atoms with Crippen LogP contribution in [0.2, 0.25) is 0 Å². The molecule has 0 N–H and O–H groups in total. The van der Waals surface area contributed by atoms with Crippen LogP contribution in [0.3, 0.4) is 0 Å². The molecule has 0 aromatic heterocycles. The molecule has 1 aliphatic heterocycles. The van der Waals surface area contributed by atoms with E-state index in [0.29, 0.717) is 6.04 Å². The van der Waals surface area contributed by atoms with Crippen molar-refractivity contribution in [2.24, 2.45) is 0 Å². The van der Waals surface area contributed by atoms with Crippen molar-refractivity contribution in [1.82, 2.24) is 9.80 Å². The van der Waals surface area contributed by atoms with Crippen molar-refractivity contribution >= 4 is 5.91 Å². The predicted molar refractivity (Wildman–Crippen MR) is 82.6 cm³/mol. The van der Waals surface area contributed by atoms with Gasteiger partial charge in [-0.15, -0.1) is 0 Å². The van der Waals surface area contributed by atoms with Gasteiger partial charge in [-0.05, 0) is 52.3 Å². The quantitative estimate of drug-likeness (QED) is 0.842. The summed E-state index contributed by atoms with van der Waals surface area (Å²) in [6.07, 6.45) is 4.31. The molecule has 0 aliphatic carbocycles. The van der Waals surface area contributed by atoms with Crippen molar-refractivity contribution in [2.75, 3.05) is 20.6 Å². The predicted octanol–water partition coefficient (Wildman–Crippen LogP) is 2.56. The van der Waals surface area contributed by atoms with Gasteiger partial charge in [0.25, 0.3) is 0 Å². The average Bonchev–Trinajstić information content (AvgIpc) is 2.45. The minimum Gasteiger partial charge on any atom is -0.339 e. The van der Waals surface area contributed by atoms with Crippen molar-refractivity contribution in [3.63, 3.8) is 0 Å². The number of nitrogens with zero attached hydrogens (tertiary/aromatic N) is 2. The van der Waals surface area contributed by atoms with E-state index in [1.807, 2.05) is 32.3 Å². The first-order valence-electron chi connectivity index (χ1n) is 7.60. The Hall–Kier alpha value is -1.35. The maximum atomic E-state index is 12.8. The summed E-state index contributed by atoms with van der Waals surface area (Å²) in [5, 5.41) is 0. The number of likely N-dealkylation sites (tertiary alicyclic amines) is 1. The molecule has 1 fully saturated rings. The van der Waals surface area contributed by atoms with Crippen LogP contribution in [-0.4, -0.2) is 48.4 Å². The molecule has 1 aromatic carbocycles. The molecule has 1 heterocycles. The lowest BCUT2D eigenvalue weighted by atomic mass is 9.99. The summed E-state index contributed by atoms with van der Waals surface area (Å²) in [6.45, 7) is 3.09. The summed E-state index contributed by atoms with van der Waals surface area (Å²) in [5.41, 5.74) is 1.23. The number of hydrogen-bond donors (Lipinski definition) is 0. The molecular formula is C17H26N2O. The summed E-state index contributed by atoms with van der Waals surface area (Å²) in [7, 11) is 4.00. The van der Waals surface area contributed by atoms with Crippen LogP contribution in [0.1, 0.15) is 31.7 Å². The third kappa shape index (κ3) is 3.60. The van der Waals surface area contributed by atoms with Crippen molar-refractivity contribution in [3.8, 4) is 0 Å². The molecule has 3 heteroatoms. The Morgan fingerprint density at radius 1 is 1.30 bits per heavy atom. The molecule has 1 saturated heterocycles. The minimum atomic E-state index is -0.0575. The Kier molecular flexibility index (Phi) is 5.18. The van der Waals surface area contributed by atoms with Crippen molar-refractivity contribution < 1.29 is 4.79 Å². The van der Waals surface area contributed by atoms with Gasteiger partial charge >= 0.3 is 0 Å². The molecule has 20 heavy (non-hydrogen) atoms. The standard InChI is InChI=1S/C17H26N2O/c1-14-9-7-8-12-19(14)17(20)16(18(2)3)13-15-10-5-4-6-11-15/h4-6,10-11,14,16H,7-9,12-13H2,1-3H3. The van der Waals surface area contributed by atoms with Crippen molar-refractivity contribution in [2.45, 2.75) is 44.7 Å². The highest BCUT2D eigenvalue weighted by Gasteiger charge is 2.30. The molecular weight excluding hydrogens is 248 g/mol. The minimum absolute atomic E-state index is 0.0575. The van der Waals surface area contributed by atoms with Crippen LogP contribution >= 0.6 is 0 Å². The van der Waals surface area contributed by atoms with Crippen LogP contribution in [0.5, 0.6) is 0 Å². The highest BCUT2D eigenvalue weighted by molar-refractivity contribution is 5.82. The monoisotopic (exact) mass is 274 g/mol. The number of likely N-dealkylation sites (N-methyl/N-ethyl adjacent to an activating group) is 1. The second kappa shape index (κ2) is 6.89. The highest BCUT2D eigenvalue weighted by atomic mass is 16.2. The number of rotatable bonds is 4. The van der Waals surface area contributed by atoms with Gasteiger partial charge in [0.15, 0.2) is 0 Å². The van der Waals surface area contributed by atoms with Gasteiger partial charge in [-0.25, -0.2) is 0 Å². The van der Waals surface area contributed by atoms with Crippen LogP contribution in [0.15, 0.2) is 30.3 Å². The molecule has 2 atom stereocenters. The van der Waals surface area contributed by atoms with Gasteiger partial charge in [-0.1, -0.05) is 30.3 Å². The lowest BCUT2D eigenvalue weighted by Gasteiger charge is -2.37. The molecule has 1 amide bonds. The maximum Gasteiger partial charge on any atom is 0.240 e. The SMILES string of the molecule is CC1CCCCN1C(=O)C(Cc1ccccc1)N(C)C.